The van der Waals surface area contributed by atoms with E-state index >= 15 is 0 Å². The Morgan fingerprint density at radius 2 is 1.85 bits per heavy atom. The molecule has 0 spiro atoms. The summed E-state index contributed by atoms with van der Waals surface area (Å²) < 4.78 is 0. The summed E-state index contributed by atoms with van der Waals surface area (Å²) in [6, 6.07) is 11.4. The van der Waals surface area contributed by atoms with Gasteiger partial charge in [0, 0.05) is 12.1 Å². The zero-order valence-corrected chi connectivity index (χ0v) is 12.0. The van der Waals surface area contributed by atoms with Gasteiger partial charge in [0.15, 0.2) is 0 Å². The predicted octanol–water partition coefficient (Wildman–Crippen LogP) is 3.12. The third-order valence-corrected chi connectivity index (χ3v) is 5.05. The molecule has 3 atom stereocenters. The van der Waals surface area contributed by atoms with E-state index in [-0.39, 0.29) is 12.0 Å². The number of hydrogen-bond acceptors (Lipinski definition) is 2. The zero-order chi connectivity index (χ0) is 14.1. The summed E-state index contributed by atoms with van der Waals surface area (Å²) in [7, 11) is 2.12. The zero-order valence-electron chi connectivity index (χ0n) is 12.0. The number of benzene rings is 1. The smallest absolute Gasteiger partial charge is 0.308 e. The average molecular weight is 273 g/mol. The lowest BCUT2D eigenvalue weighted by atomic mass is 9.75. The third kappa shape index (κ3) is 2.73. The van der Waals surface area contributed by atoms with E-state index in [2.05, 4.69) is 36.2 Å². The molecule has 3 unspecified atom stereocenters. The monoisotopic (exact) mass is 273 g/mol. The standard InChI is InChI=1S/C17H23NO2/c1-18(14-8-9-14)16-11-13(7-10-15(16)17(19)20)12-5-3-2-4-6-12/h2-6,13-16H,7-11H2,1H3,(H,19,20). The molecule has 20 heavy (non-hydrogen) atoms. The molecule has 1 N–H and O–H groups in total. The fourth-order valence-electron chi connectivity index (χ4n) is 3.67. The highest BCUT2D eigenvalue weighted by atomic mass is 16.4. The van der Waals surface area contributed by atoms with Gasteiger partial charge in [-0.15, -0.1) is 0 Å². The van der Waals surface area contributed by atoms with Gasteiger partial charge in [-0.25, -0.2) is 0 Å². The molecule has 2 fully saturated rings. The maximum atomic E-state index is 11.5. The SMILES string of the molecule is CN(C1CC1)C1CC(c2ccccc2)CCC1C(=O)O. The second-order valence-corrected chi connectivity index (χ2v) is 6.33. The normalized spacial score (nSPS) is 30.4. The summed E-state index contributed by atoms with van der Waals surface area (Å²) in [5.74, 6) is -0.299. The van der Waals surface area contributed by atoms with Crippen molar-refractivity contribution in [3.8, 4) is 0 Å². The van der Waals surface area contributed by atoms with E-state index < -0.39 is 5.97 Å². The lowest BCUT2D eigenvalue weighted by Crippen LogP contribution is -2.46. The summed E-state index contributed by atoms with van der Waals surface area (Å²) >= 11 is 0. The molecule has 1 aromatic rings. The highest BCUT2D eigenvalue weighted by molar-refractivity contribution is 5.71. The van der Waals surface area contributed by atoms with Crippen LogP contribution in [0.15, 0.2) is 30.3 Å². The predicted molar refractivity (Wildman–Crippen MR) is 78.7 cm³/mol. The molecule has 0 radical (unpaired) electrons. The first-order valence-electron chi connectivity index (χ1n) is 7.66. The fourth-order valence-corrected chi connectivity index (χ4v) is 3.67. The van der Waals surface area contributed by atoms with Crippen molar-refractivity contribution in [2.75, 3.05) is 7.05 Å². The first-order valence-corrected chi connectivity index (χ1v) is 7.66. The molecule has 3 heteroatoms. The lowest BCUT2D eigenvalue weighted by Gasteiger charge is -2.39. The third-order valence-electron chi connectivity index (χ3n) is 5.05. The Bertz CT molecular complexity index is 469. The molecule has 3 nitrogen and oxygen atoms in total. The molecule has 108 valence electrons. The molecule has 0 amide bonds. The highest BCUT2D eigenvalue weighted by Crippen LogP contribution is 2.41. The highest BCUT2D eigenvalue weighted by Gasteiger charge is 2.41. The largest absolute Gasteiger partial charge is 0.481 e. The first kappa shape index (κ1) is 13.6. The molecule has 1 aromatic carbocycles. The van der Waals surface area contributed by atoms with Crippen LogP contribution in [0.5, 0.6) is 0 Å². The van der Waals surface area contributed by atoms with Crippen LogP contribution in [0.1, 0.15) is 43.6 Å². The molecule has 0 aromatic heterocycles. The van der Waals surface area contributed by atoms with Crippen molar-refractivity contribution in [2.45, 2.75) is 50.1 Å². The molecule has 3 rings (SSSR count). The average Bonchev–Trinajstić information content (AvgIpc) is 3.31. The summed E-state index contributed by atoms with van der Waals surface area (Å²) in [6.45, 7) is 0. The molecular weight excluding hydrogens is 250 g/mol. The molecule has 0 heterocycles. The molecule has 2 saturated carbocycles. The Morgan fingerprint density at radius 3 is 2.45 bits per heavy atom. The molecule has 0 saturated heterocycles. The van der Waals surface area contributed by atoms with Crippen LogP contribution < -0.4 is 0 Å². The van der Waals surface area contributed by atoms with E-state index in [1.54, 1.807) is 0 Å². The van der Waals surface area contributed by atoms with E-state index in [9.17, 15) is 9.90 Å². The van der Waals surface area contributed by atoms with Crippen molar-refractivity contribution in [2.24, 2.45) is 5.92 Å². The first-order chi connectivity index (χ1) is 9.66. The van der Waals surface area contributed by atoms with Crippen LogP contribution in [0, 0.1) is 5.92 Å². The van der Waals surface area contributed by atoms with Crippen molar-refractivity contribution in [1.82, 2.24) is 4.90 Å². The second kappa shape index (κ2) is 5.57. The maximum Gasteiger partial charge on any atom is 0.308 e. The van der Waals surface area contributed by atoms with Crippen LogP contribution in [0.2, 0.25) is 0 Å². The van der Waals surface area contributed by atoms with Gasteiger partial charge in [-0.05, 0) is 50.6 Å². The van der Waals surface area contributed by atoms with Gasteiger partial charge in [0.1, 0.15) is 0 Å². The van der Waals surface area contributed by atoms with Crippen LogP contribution in [-0.4, -0.2) is 35.1 Å². The quantitative estimate of drug-likeness (QED) is 0.916. The summed E-state index contributed by atoms with van der Waals surface area (Å²) in [6.07, 6.45) is 5.24. The van der Waals surface area contributed by atoms with Gasteiger partial charge in [0.2, 0.25) is 0 Å². The van der Waals surface area contributed by atoms with Crippen molar-refractivity contribution < 1.29 is 9.90 Å². The number of rotatable bonds is 4. The number of hydrogen-bond donors (Lipinski definition) is 1. The second-order valence-electron chi connectivity index (χ2n) is 6.33. The van der Waals surface area contributed by atoms with Crippen molar-refractivity contribution in [3.63, 3.8) is 0 Å². The number of carboxylic acids is 1. The Morgan fingerprint density at radius 1 is 1.15 bits per heavy atom. The van der Waals surface area contributed by atoms with Crippen LogP contribution in [0.3, 0.4) is 0 Å². The van der Waals surface area contributed by atoms with E-state index in [1.807, 2.05) is 6.07 Å². The minimum atomic E-state index is -0.617. The van der Waals surface area contributed by atoms with E-state index in [0.29, 0.717) is 12.0 Å². The molecule has 2 aliphatic carbocycles. The van der Waals surface area contributed by atoms with Gasteiger partial charge >= 0.3 is 5.97 Å². The minimum Gasteiger partial charge on any atom is -0.481 e. The van der Waals surface area contributed by atoms with Gasteiger partial charge in [0.25, 0.3) is 0 Å². The Kier molecular flexibility index (Phi) is 3.79. The topological polar surface area (TPSA) is 40.5 Å². The Hall–Kier alpha value is -1.35. The molecule has 0 bridgehead atoms. The summed E-state index contributed by atoms with van der Waals surface area (Å²) in [4.78, 5) is 13.9. The fraction of sp³-hybridized carbons (Fsp3) is 0.588. The van der Waals surface area contributed by atoms with Gasteiger partial charge < -0.3 is 5.11 Å². The van der Waals surface area contributed by atoms with Gasteiger partial charge in [0.05, 0.1) is 5.92 Å². The maximum absolute atomic E-state index is 11.5. The summed E-state index contributed by atoms with van der Waals surface area (Å²) in [5, 5.41) is 9.49. The van der Waals surface area contributed by atoms with E-state index in [0.717, 1.165) is 19.3 Å². The molecular formula is C17H23NO2. The van der Waals surface area contributed by atoms with Crippen LogP contribution >= 0.6 is 0 Å². The molecule has 2 aliphatic rings. The van der Waals surface area contributed by atoms with Crippen molar-refractivity contribution in [1.29, 1.82) is 0 Å². The van der Waals surface area contributed by atoms with Crippen molar-refractivity contribution in [3.05, 3.63) is 35.9 Å². The number of carbonyl (C=O) groups is 1. The van der Waals surface area contributed by atoms with Gasteiger partial charge in [-0.1, -0.05) is 30.3 Å². The lowest BCUT2D eigenvalue weighted by molar-refractivity contribution is -0.145. The van der Waals surface area contributed by atoms with E-state index in [4.69, 9.17) is 0 Å². The Labute approximate surface area is 120 Å². The van der Waals surface area contributed by atoms with Crippen LogP contribution in [0.4, 0.5) is 0 Å². The number of aliphatic carboxylic acids is 1. The van der Waals surface area contributed by atoms with E-state index in [1.165, 1.54) is 18.4 Å². The molecule has 0 aliphatic heterocycles. The van der Waals surface area contributed by atoms with Gasteiger partial charge in [-0.3, -0.25) is 9.69 Å². The minimum absolute atomic E-state index is 0.193. The van der Waals surface area contributed by atoms with Crippen LogP contribution in [-0.2, 0) is 4.79 Å². The van der Waals surface area contributed by atoms with Crippen LogP contribution in [0.25, 0.3) is 0 Å². The van der Waals surface area contributed by atoms with Gasteiger partial charge in [-0.2, -0.15) is 0 Å². The summed E-state index contributed by atoms with van der Waals surface area (Å²) in [5.41, 5.74) is 1.37. The Balaban J connectivity index is 1.77. The number of nitrogens with zero attached hydrogens (tertiary/aromatic N) is 1. The van der Waals surface area contributed by atoms with Crippen molar-refractivity contribution >= 4 is 5.97 Å². The number of carboxylic acid groups (broad SMARTS) is 1.